The molecule has 1 aliphatic rings. The second-order valence-electron chi connectivity index (χ2n) is 6.68. The van der Waals surface area contributed by atoms with Crippen LogP contribution in [0.5, 0.6) is 0 Å². The van der Waals surface area contributed by atoms with Crippen molar-refractivity contribution in [3.8, 4) is 0 Å². The summed E-state index contributed by atoms with van der Waals surface area (Å²) in [6, 6.07) is 5.43. The largest absolute Gasteiger partial charge is 0.416 e. The summed E-state index contributed by atoms with van der Waals surface area (Å²) in [5.74, 6) is -1.37. The van der Waals surface area contributed by atoms with Gasteiger partial charge in [0.2, 0.25) is 5.91 Å². The molecule has 2 N–H and O–H groups in total. The summed E-state index contributed by atoms with van der Waals surface area (Å²) in [7, 11) is -2.88. The molecular weight excluding hydrogens is 450 g/mol. The third-order valence-electron chi connectivity index (χ3n) is 4.70. The van der Waals surface area contributed by atoms with Gasteiger partial charge in [0.1, 0.15) is 11.9 Å². The summed E-state index contributed by atoms with van der Waals surface area (Å²) in [5.41, 5.74) is -0.423. The van der Waals surface area contributed by atoms with Crippen LogP contribution in [-0.4, -0.2) is 31.7 Å². The normalized spacial score (nSPS) is 21.9. The predicted octanol–water partition coefficient (Wildman–Crippen LogP) is 3.72. The first-order valence-electron chi connectivity index (χ1n) is 8.57. The number of anilines is 1. The number of alkyl halides is 3. The number of carbonyl (C=O) groups is 1. The van der Waals surface area contributed by atoms with E-state index in [-0.39, 0.29) is 22.7 Å². The summed E-state index contributed by atoms with van der Waals surface area (Å²) < 4.78 is 79.6. The lowest BCUT2D eigenvalue weighted by molar-refractivity contribution is -0.137. The van der Waals surface area contributed by atoms with Crippen LogP contribution in [0, 0.1) is 5.82 Å². The zero-order valence-corrected chi connectivity index (χ0v) is 16.9. The van der Waals surface area contributed by atoms with Crippen molar-refractivity contribution in [2.45, 2.75) is 24.7 Å². The summed E-state index contributed by atoms with van der Waals surface area (Å²) >= 11 is 5.68. The molecule has 1 fully saturated rings. The van der Waals surface area contributed by atoms with Crippen LogP contribution in [0.3, 0.4) is 0 Å². The summed E-state index contributed by atoms with van der Waals surface area (Å²) in [6.45, 7) is 0. The average molecular weight is 466 g/mol. The Morgan fingerprint density at radius 1 is 1.20 bits per heavy atom. The van der Waals surface area contributed by atoms with Gasteiger partial charge in [-0.25, -0.2) is 4.39 Å². The molecule has 0 saturated carbocycles. The number of hydrogen-bond donors (Lipinski definition) is 2. The second-order valence-corrected chi connectivity index (χ2v) is 8.85. The van der Waals surface area contributed by atoms with Gasteiger partial charge in [-0.2, -0.15) is 30.6 Å². The molecule has 0 bridgehead atoms. The number of hydrogen-bond acceptors (Lipinski definition) is 3. The molecule has 0 aromatic heterocycles. The van der Waals surface area contributed by atoms with Gasteiger partial charge in [0.15, 0.2) is 0 Å². The van der Waals surface area contributed by atoms with Crippen molar-refractivity contribution < 1.29 is 30.8 Å². The first kappa shape index (κ1) is 22.5. The van der Waals surface area contributed by atoms with E-state index >= 15 is 0 Å². The number of nitrogens with one attached hydrogen (secondary N) is 2. The van der Waals surface area contributed by atoms with Gasteiger partial charge in [0.25, 0.3) is 10.2 Å². The first-order chi connectivity index (χ1) is 13.9. The lowest BCUT2D eigenvalue weighted by atomic mass is 9.98. The Kier molecular flexibility index (Phi) is 6.10. The maximum Gasteiger partial charge on any atom is 0.416 e. The number of likely N-dealkylation sites (N-methyl/N-ethyl adjacent to an activating group) is 1. The maximum absolute atomic E-state index is 13.3. The van der Waals surface area contributed by atoms with E-state index in [2.05, 4.69) is 10.0 Å². The summed E-state index contributed by atoms with van der Waals surface area (Å²) in [4.78, 5) is 12.7. The molecule has 1 saturated heterocycles. The van der Waals surface area contributed by atoms with Crippen LogP contribution in [0.15, 0.2) is 42.5 Å². The minimum atomic E-state index is -4.52. The Hall–Kier alpha value is -2.21. The average Bonchev–Trinajstić information content (AvgIpc) is 2.66. The van der Waals surface area contributed by atoms with Crippen LogP contribution in [0.2, 0.25) is 5.02 Å². The molecule has 2 aromatic rings. The van der Waals surface area contributed by atoms with E-state index in [0.717, 1.165) is 34.6 Å². The van der Waals surface area contributed by atoms with Gasteiger partial charge in [-0.15, -0.1) is 0 Å². The first-order valence-corrected chi connectivity index (χ1v) is 10.4. The zero-order chi connectivity index (χ0) is 22.3. The smallest absolute Gasteiger partial charge is 0.325 e. The minimum Gasteiger partial charge on any atom is -0.325 e. The van der Waals surface area contributed by atoms with Crippen molar-refractivity contribution in [1.29, 1.82) is 0 Å². The van der Waals surface area contributed by atoms with Crippen molar-refractivity contribution >= 4 is 33.4 Å². The Morgan fingerprint density at radius 2 is 1.83 bits per heavy atom. The Balaban J connectivity index is 1.83. The van der Waals surface area contributed by atoms with Crippen LogP contribution in [0.1, 0.15) is 23.6 Å². The van der Waals surface area contributed by atoms with Crippen LogP contribution < -0.4 is 10.0 Å². The summed E-state index contributed by atoms with van der Waals surface area (Å²) in [6.07, 6.45) is -4.56. The molecule has 1 amide bonds. The van der Waals surface area contributed by atoms with E-state index in [9.17, 15) is 30.8 Å². The van der Waals surface area contributed by atoms with E-state index in [1.807, 2.05) is 0 Å². The van der Waals surface area contributed by atoms with Crippen molar-refractivity contribution in [2.75, 3.05) is 12.4 Å². The van der Waals surface area contributed by atoms with Crippen LogP contribution in [-0.2, 0) is 21.2 Å². The quantitative estimate of drug-likeness (QED) is 0.678. The fourth-order valence-electron chi connectivity index (χ4n) is 3.03. The highest BCUT2D eigenvalue weighted by Gasteiger charge is 2.41. The Morgan fingerprint density at radius 3 is 2.40 bits per heavy atom. The van der Waals surface area contributed by atoms with Gasteiger partial charge < -0.3 is 5.32 Å². The van der Waals surface area contributed by atoms with Crippen molar-refractivity contribution in [2.24, 2.45) is 0 Å². The van der Waals surface area contributed by atoms with Gasteiger partial charge in [0, 0.05) is 18.8 Å². The number of carbonyl (C=O) groups excluding carboxylic acids is 1. The van der Waals surface area contributed by atoms with E-state index in [4.69, 9.17) is 11.6 Å². The van der Waals surface area contributed by atoms with E-state index in [1.54, 1.807) is 0 Å². The van der Waals surface area contributed by atoms with Crippen LogP contribution in [0.25, 0.3) is 0 Å². The molecule has 30 heavy (non-hydrogen) atoms. The maximum atomic E-state index is 13.3. The molecule has 0 radical (unpaired) electrons. The van der Waals surface area contributed by atoms with Crippen molar-refractivity contribution in [1.82, 2.24) is 9.03 Å². The standard InChI is InChI=1S/C18H16ClF4N3O3S/c1-26-16(17(27)24-12-6-7-14(20)13(19)8-12)9-15(25-30(26,28)29)10-2-4-11(5-3-10)18(21,22)23/h2-8,15-16,25H,9H2,1H3,(H,24,27)/t15-,16+/m0/s1. The molecule has 2 aromatic carbocycles. The van der Waals surface area contributed by atoms with E-state index in [0.29, 0.717) is 0 Å². The molecule has 0 spiro atoms. The molecule has 1 aliphatic heterocycles. The lowest BCUT2D eigenvalue weighted by Gasteiger charge is -2.36. The topological polar surface area (TPSA) is 78.5 Å². The molecule has 6 nitrogen and oxygen atoms in total. The number of halogens is 5. The monoisotopic (exact) mass is 465 g/mol. The van der Waals surface area contributed by atoms with Gasteiger partial charge in [-0.3, -0.25) is 4.79 Å². The molecule has 12 heteroatoms. The lowest BCUT2D eigenvalue weighted by Crippen LogP contribution is -2.55. The van der Waals surface area contributed by atoms with E-state index < -0.39 is 45.8 Å². The molecule has 0 unspecified atom stereocenters. The SMILES string of the molecule is CN1[C@@H](C(=O)Nc2ccc(F)c(Cl)c2)C[C@@H](c2ccc(C(F)(F)F)cc2)NS1(=O)=O. The zero-order valence-electron chi connectivity index (χ0n) is 15.4. The second kappa shape index (κ2) is 8.14. The molecule has 1 heterocycles. The minimum absolute atomic E-state index is 0.0398. The molecule has 3 rings (SSSR count). The van der Waals surface area contributed by atoms with Crippen molar-refractivity contribution in [3.05, 3.63) is 64.4 Å². The third-order valence-corrected chi connectivity index (χ3v) is 6.58. The van der Waals surface area contributed by atoms with Gasteiger partial charge in [-0.05, 0) is 42.3 Å². The van der Waals surface area contributed by atoms with Crippen molar-refractivity contribution in [3.63, 3.8) is 0 Å². The molecule has 2 atom stereocenters. The van der Waals surface area contributed by atoms with Gasteiger partial charge >= 0.3 is 6.18 Å². The number of benzene rings is 2. The Bertz CT molecular complexity index is 1060. The van der Waals surface area contributed by atoms with E-state index in [1.165, 1.54) is 19.2 Å². The van der Waals surface area contributed by atoms with Crippen LogP contribution >= 0.6 is 11.6 Å². The fourth-order valence-corrected chi connectivity index (χ4v) is 4.49. The molecule has 162 valence electrons. The van der Waals surface area contributed by atoms with Crippen LogP contribution in [0.4, 0.5) is 23.2 Å². The number of rotatable bonds is 3. The number of nitrogens with zero attached hydrogens (tertiary/aromatic N) is 1. The summed E-state index contributed by atoms with van der Waals surface area (Å²) in [5, 5.41) is 2.26. The highest BCUT2D eigenvalue weighted by atomic mass is 35.5. The molecule has 0 aliphatic carbocycles. The third kappa shape index (κ3) is 4.75. The van der Waals surface area contributed by atoms with Gasteiger partial charge in [0.05, 0.1) is 10.6 Å². The fraction of sp³-hybridized carbons (Fsp3) is 0.278. The number of amides is 1. The van der Waals surface area contributed by atoms with Gasteiger partial charge in [-0.1, -0.05) is 23.7 Å². The highest BCUT2D eigenvalue weighted by molar-refractivity contribution is 7.87. The predicted molar refractivity (Wildman–Crippen MR) is 102 cm³/mol. The highest BCUT2D eigenvalue weighted by Crippen LogP contribution is 2.33. The molecular formula is C18H16ClF4N3O3S. The Labute approximate surface area is 175 Å².